The molecule has 8 heteroatoms. The van der Waals surface area contributed by atoms with E-state index in [-0.39, 0.29) is 18.1 Å². The lowest BCUT2D eigenvalue weighted by Gasteiger charge is -1.94. The van der Waals surface area contributed by atoms with Crippen LogP contribution in [0.1, 0.15) is 0 Å². The van der Waals surface area contributed by atoms with E-state index in [2.05, 4.69) is 9.98 Å². The Bertz CT molecular complexity index is 589. The van der Waals surface area contributed by atoms with E-state index < -0.39 is 4.92 Å². The van der Waals surface area contributed by atoms with Crippen molar-refractivity contribution in [2.75, 3.05) is 0 Å². The molecule has 0 atom stereocenters. The summed E-state index contributed by atoms with van der Waals surface area (Å²) in [7, 11) is 0. The van der Waals surface area contributed by atoms with Crippen LogP contribution < -0.4 is 5.36 Å². The minimum atomic E-state index is -0.520. The van der Waals surface area contributed by atoms with Gasteiger partial charge in [-0.25, -0.2) is 14.7 Å². The average Bonchev–Trinajstić information content (AvgIpc) is 2.33. The molecule has 2 aromatic rings. The first-order valence-corrected chi connectivity index (χ1v) is 4.68. The molecule has 2 aromatic heterocycles. The zero-order valence-electron chi connectivity index (χ0n) is 9.00. The van der Waals surface area contributed by atoms with Crippen molar-refractivity contribution in [2.45, 2.75) is 0 Å². The van der Waals surface area contributed by atoms with Crippen molar-refractivity contribution < 1.29 is 10.1 Å². The van der Waals surface area contributed by atoms with Crippen molar-refractivity contribution in [3.63, 3.8) is 0 Å². The van der Waals surface area contributed by atoms with Crippen LogP contribution in [0.2, 0.25) is 0 Å². The van der Waals surface area contributed by atoms with Crippen molar-refractivity contribution in [1.29, 1.82) is 0 Å². The molecule has 0 unspecified atom stereocenters. The van der Waals surface area contributed by atoms with Crippen LogP contribution in [0.25, 0.3) is 0 Å². The molecule has 0 fully saturated rings. The van der Waals surface area contributed by atoms with Crippen LogP contribution in [0, 0.1) is 10.1 Å². The molecule has 7 nitrogen and oxygen atoms in total. The second-order valence-electron chi connectivity index (χ2n) is 3.18. The highest BCUT2D eigenvalue weighted by Gasteiger charge is 2.03. The maximum atomic E-state index is 10.4. The lowest BCUT2D eigenvalue weighted by molar-refractivity contribution is -0.385. The molecule has 0 spiro atoms. The summed E-state index contributed by atoms with van der Waals surface area (Å²) >= 11 is 0. The predicted molar refractivity (Wildman–Crippen MR) is 65.0 cm³/mol. The molecule has 94 valence electrons. The predicted octanol–water partition coefficient (Wildman–Crippen LogP) is 1.68. The summed E-state index contributed by atoms with van der Waals surface area (Å²) in [5.41, 5.74) is -0.0785. The van der Waals surface area contributed by atoms with Crippen molar-refractivity contribution in [3.05, 3.63) is 58.3 Å². The molecular weight excluding hydrogens is 260 g/mol. The molecule has 0 aliphatic heterocycles. The minimum absolute atomic E-state index is 0. The molecule has 0 saturated heterocycles. The van der Waals surface area contributed by atoms with Crippen LogP contribution >= 0.6 is 12.4 Å². The number of pyridine rings is 2. The molecule has 2 heterocycles. The number of rotatable bonds is 2. The average molecular weight is 269 g/mol. The van der Waals surface area contributed by atoms with Gasteiger partial charge in [-0.3, -0.25) is 10.1 Å². The van der Waals surface area contributed by atoms with Crippen LogP contribution in [0.4, 0.5) is 11.5 Å². The van der Waals surface area contributed by atoms with Gasteiger partial charge < -0.3 is 5.21 Å². The van der Waals surface area contributed by atoms with Gasteiger partial charge in [0.2, 0.25) is 0 Å². The van der Waals surface area contributed by atoms with Crippen LogP contribution in [0.15, 0.2) is 47.8 Å². The molecule has 0 amide bonds. The van der Waals surface area contributed by atoms with E-state index in [0.717, 1.165) is 10.9 Å². The Balaban J connectivity index is 0.00000162. The van der Waals surface area contributed by atoms with Crippen LogP contribution in [-0.4, -0.2) is 19.8 Å². The Labute approximate surface area is 108 Å². The number of hydrogen-bond acceptors (Lipinski definition) is 5. The molecule has 0 aromatic carbocycles. The van der Waals surface area contributed by atoms with Crippen molar-refractivity contribution >= 4 is 23.9 Å². The van der Waals surface area contributed by atoms with Gasteiger partial charge in [-0.15, -0.1) is 12.4 Å². The molecule has 2 rings (SSSR count). The van der Waals surface area contributed by atoms with Gasteiger partial charge in [0.15, 0.2) is 5.82 Å². The van der Waals surface area contributed by atoms with E-state index in [1.807, 2.05) is 0 Å². The Morgan fingerprint density at radius 2 is 1.94 bits per heavy atom. The standard InChI is InChI=1S/C10H8N4O3.ClH/c15-13-5-3-8(4-6-13)12-10-2-1-9(7-11-10)14(16)17;/h1-7,15H;1H. The fourth-order valence-electron chi connectivity index (χ4n) is 1.17. The topological polar surface area (TPSA) is 93.5 Å². The largest absolute Gasteiger partial charge is 0.429 e. The zero-order chi connectivity index (χ0) is 12.3. The highest BCUT2D eigenvalue weighted by Crippen LogP contribution is 2.13. The Kier molecular flexibility index (Phi) is 4.39. The van der Waals surface area contributed by atoms with Crippen molar-refractivity contribution in [2.24, 2.45) is 4.99 Å². The van der Waals surface area contributed by atoms with E-state index >= 15 is 0 Å². The lowest BCUT2D eigenvalue weighted by atomic mass is 10.4. The first-order chi connectivity index (χ1) is 8.15. The van der Waals surface area contributed by atoms with E-state index in [9.17, 15) is 10.1 Å². The van der Waals surface area contributed by atoms with Gasteiger partial charge in [-0.1, -0.05) is 0 Å². The van der Waals surface area contributed by atoms with E-state index in [1.54, 1.807) is 12.1 Å². The second-order valence-corrected chi connectivity index (χ2v) is 3.18. The molecule has 0 saturated carbocycles. The highest BCUT2D eigenvalue weighted by molar-refractivity contribution is 5.85. The normalized spacial score (nSPS) is 9.33. The number of nitrogens with zero attached hydrogens (tertiary/aromatic N) is 4. The number of halogens is 1. The third kappa shape index (κ3) is 3.29. The molecule has 1 N–H and O–H groups in total. The number of aromatic nitrogens is 2. The summed E-state index contributed by atoms with van der Waals surface area (Å²) in [5.74, 6) is 0.367. The van der Waals surface area contributed by atoms with Gasteiger partial charge in [-0.05, 0) is 18.2 Å². The third-order valence-electron chi connectivity index (χ3n) is 1.98. The molecule has 0 aliphatic carbocycles. The van der Waals surface area contributed by atoms with Crippen molar-refractivity contribution in [1.82, 2.24) is 9.71 Å². The van der Waals surface area contributed by atoms with Gasteiger partial charge in [-0.2, -0.15) is 0 Å². The van der Waals surface area contributed by atoms with Gasteiger partial charge in [0.25, 0.3) is 5.69 Å². The SMILES string of the molecule is Cl.O=[N+]([O-])c1ccc(N=c2ccn(O)cc2)nc1. The summed E-state index contributed by atoms with van der Waals surface area (Å²) in [6.07, 6.45) is 3.99. The van der Waals surface area contributed by atoms with Gasteiger partial charge in [0.1, 0.15) is 6.20 Å². The molecule has 0 radical (unpaired) electrons. The maximum absolute atomic E-state index is 10.4. The highest BCUT2D eigenvalue weighted by atomic mass is 35.5. The summed E-state index contributed by atoms with van der Waals surface area (Å²) in [6, 6.07) is 5.96. The van der Waals surface area contributed by atoms with Gasteiger partial charge in [0, 0.05) is 18.5 Å². The summed E-state index contributed by atoms with van der Waals surface area (Å²) in [6.45, 7) is 0. The Morgan fingerprint density at radius 3 is 2.44 bits per heavy atom. The molecular formula is C10H9ClN4O3. The van der Waals surface area contributed by atoms with Gasteiger partial charge in [0.05, 0.1) is 10.3 Å². The summed E-state index contributed by atoms with van der Waals surface area (Å²) < 4.78 is 0.891. The quantitative estimate of drug-likeness (QED) is 0.509. The van der Waals surface area contributed by atoms with Crippen LogP contribution in [0.5, 0.6) is 0 Å². The number of nitro groups is 1. The Hall–Kier alpha value is -2.41. The first kappa shape index (κ1) is 13.7. The lowest BCUT2D eigenvalue weighted by Crippen LogP contribution is -2.02. The number of hydrogen-bond donors (Lipinski definition) is 1. The fraction of sp³-hybridized carbons (Fsp3) is 0. The molecule has 18 heavy (non-hydrogen) atoms. The monoisotopic (exact) mass is 268 g/mol. The minimum Gasteiger partial charge on any atom is -0.429 e. The zero-order valence-corrected chi connectivity index (χ0v) is 9.82. The van der Waals surface area contributed by atoms with E-state index in [0.29, 0.717) is 11.2 Å². The van der Waals surface area contributed by atoms with Gasteiger partial charge >= 0.3 is 0 Å². The summed E-state index contributed by atoms with van der Waals surface area (Å²) in [5, 5.41) is 20.0. The fourth-order valence-corrected chi connectivity index (χ4v) is 1.17. The second kappa shape index (κ2) is 5.78. The van der Waals surface area contributed by atoms with E-state index in [4.69, 9.17) is 5.21 Å². The van der Waals surface area contributed by atoms with Crippen LogP contribution in [0.3, 0.4) is 0 Å². The smallest absolute Gasteiger partial charge is 0.287 e. The van der Waals surface area contributed by atoms with E-state index in [1.165, 1.54) is 24.5 Å². The molecule has 0 aliphatic rings. The van der Waals surface area contributed by atoms with Crippen molar-refractivity contribution in [3.8, 4) is 0 Å². The third-order valence-corrected chi connectivity index (χ3v) is 1.98. The summed E-state index contributed by atoms with van der Waals surface area (Å²) in [4.78, 5) is 17.9. The van der Waals surface area contributed by atoms with Crippen LogP contribution in [-0.2, 0) is 0 Å². The molecule has 0 bridgehead atoms. The first-order valence-electron chi connectivity index (χ1n) is 4.68. The Morgan fingerprint density at radius 1 is 1.28 bits per heavy atom. The maximum Gasteiger partial charge on any atom is 0.287 e.